The predicted octanol–water partition coefficient (Wildman–Crippen LogP) is 0.249. The zero-order chi connectivity index (χ0) is 34.6. The Bertz CT molecular complexity index is 1430. The number of terminal acetylenes is 1. The van der Waals surface area contributed by atoms with E-state index in [1.54, 1.807) is 0 Å². The van der Waals surface area contributed by atoms with Crippen LogP contribution in [0.25, 0.3) is 11.0 Å². The van der Waals surface area contributed by atoms with Crippen molar-refractivity contribution in [3.63, 3.8) is 0 Å². The minimum Gasteiger partial charge on any atom is -0.387 e. The molecule has 19 nitrogen and oxygen atoms in total. The second kappa shape index (κ2) is 18.6. The van der Waals surface area contributed by atoms with Gasteiger partial charge in [-0.3, -0.25) is 9.13 Å². The van der Waals surface area contributed by atoms with Gasteiger partial charge in [-0.25, -0.2) is 4.68 Å². The number of aromatic nitrogens is 4. The van der Waals surface area contributed by atoms with E-state index < -0.39 is 52.2 Å². The molecule has 3 heterocycles. The highest BCUT2D eigenvalue weighted by Crippen LogP contribution is 2.55. The molecule has 0 amide bonds. The zero-order valence-electron chi connectivity index (χ0n) is 26.3. The van der Waals surface area contributed by atoms with Gasteiger partial charge in [0.15, 0.2) is 17.8 Å². The van der Waals surface area contributed by atoms with E-state index in [0.717, 1.165) is 25.7 Å². The fourth-order valence-electron chi connectivity index (χ4n) is 5.12. The molecule has 21 heteroatoms. The summed E-state index contributed by atoms with van der Waals surface area (Å²) in [6.45, 7) is 2.67. The molecule has 7 N–H and O–H groups in total. The summed E-state index contributed by atoms with van der Waals surface area (Å²) in [5, 5.41) is 32.9. The van der Waals surface area contributed by atoms with Crippen LogP contribution in [0.15, 0.2) is 6.20 Å². The molecule has 2 aromatic rings. The first-order valence-electron chi connectivity index (χ1n) is 15.5. The zero-order valence-corrected chi connectivity index (χ0v) is 28.1. The molecule has 1 saturated heterocycles. The number of aliphatic hydroxyl groups excluding tert-OH is 2. The highest BCUT2D eigenvalue weighted by Gasteiger charge is 2.46. The first-order chi connectivity index (χ1) is 23.0. The highest BCUT2D eigenvalue weighted by atomic mass is 31.2. The van der Waals surface area contributed by atoms with Gasteiger partial charge in [0, 0.05) is 12.6 Å². The molecule has 1 aliphatic heterocycles. The van der Waals surface area contributed by atoms with Crippen molar-refractivity contribution in [2.24, 2.45) is 0 Å². The average Bonchev–Trinajstić information content (AvgIpc) is 3.75. The van der Waals surface area contributed by atoms with Crippen LogP contribution in [-0.4, -0.2) is 141 Å². The Morgan fingerprint density at radius 2 is 1.60 bits per heavy atom. The van der Waals surface area contributed by atoms with Crippen molar-refractivity contribution in [3.05, 3.63) is 6.20 Å². The fraction of sp³-hybridized carbons (Fsp3) is 0.741. The maximum atomic E-state index is 12.1. The molecule has 270 valence electrons. The van der Waals surface area contributed by atoms with E-state index in [9.17, 15) is 24.2 Å². The first kappa shape index (κ1) is 38.5. The molecule has 1 aliphatic carbocycles. The van der Waals surface area contributed by atoms with Gasteiger partial charge in [0.05, 0.1) is 64.4 Å². The monoisotopic (exact) mass is 722 g/mol. The number of nitrogens with one attached hydrogen (secondary N) is 2. The van der Waals surface area contributed by atoms with E-state index in [-0.39, 0.29) is 24.2 Å². The van der Waals surface area contributed by atoms with Gasteiger partial charge in [-0.2, -0.15) is 15.1 Å². The molecule has 0 radical (unpaired) electrons. The van der Waals surface area contributed by atoms with Gasteiger partial charge >= 0.3 is 15.2 Å². The van der Waals surface area contributed by atoms with Crippen LogP contribution in [0.4, 0.5) is 11.8 Å². The lowest BCUT2D eigenvalue weighted by atomic mass is 10.1. The van der Waals surface area contributed by atoms with Gasteiger partial charge in [-0.15, -0.1) is 6.42 Å². The lowest BCUT2D eigenvalue weighted by Crippen LogP contribution is -2.33. The largest absolute Gasteiger partial charge is 0.387 e. The third-order valence-electron chi connectivity index (χ3n) is 7.36. The normalized spacial score (nSPS) is 23.0. The van der Waals surface area contributed by atoms with Crippen molar-refractivity contribution in [3.8, 4) is 12.3 Å². The second-order valence-corrected chi connectivity index (χ2v) is 15.1. The van der Waals surface area contributed by atoms with Crippen molar-refractivity contribution in [1.82, 2.24) is 19.7 Å². The van der Waals surface area contributed by atoms with E-state index in [0.29, 0.717) is 64.0 Å². The fourth-order valence-corrected chi connectivity index (χ4v) is 7.69. The minimum absolute atomic E-state index is 0.203. The molecule has 0 spiro atoms. The summed E-state index contributed by atoms with van der Waals surface area (Å²) in [4.78, 5) is 37.1. The van der Waals surface area contributed by atoms with E-state index in [4.69, 9.17) is 44.4 Å². The van der Waals surface area contributed by atoms with Gasteiger partial charge < -0.3 is 63.7 Å². The van der Waals surface area contributed by atoms with Crippen molar-refractivity contribution < 1.29 is 62.2 Å². The maximum absolute atomic E-state index is 12.1. The summed E-state index contributed by atoms with van der Waals surface area (Å²) >= 11 is 0. The molecular weight excluding hydrogens is 678 g/mol. The Morgan fingerprint density at radius 1 is 0.958 bits per heavy atom. The average molecular weight is 723 g/mol. The Labute approximate surface area is 277 Å². The molecule has 5 atom stereocenters. The van der Waals surface area contributed by atoms with Gasteiger partial charge in [0.2, 0.25) is 5.95 Å². The molecule has 4 rings (SSSR count). The smallest absolute Gasteiger partial charge is 0.340 e. The molecule has 2 fully saturated rings. The maximum Gasteiger partial charge on any atom is 0.340 e. The SMILES string of the molecule is C#CCOCCOCCOCCOCCNc1nc(NC2CCCC2)c2cnn([C@@H]3OC(COP(=O)(O)CP(=O)(O)O)[C@@H](O)[C@H]3O)c2n1. The minimum atomic E-state index is -4.86. The van der Waals surface area contributed by atoms with Gasteiger partial charge in [0.1, 0.15) is 30.7 Å². The number of aliphatic hydroxyl groups is 2. The molecule has 2 aromatic heterocycles. The van der Waals surface area contributed by atoms with E-state index in [2.05, 4.69) is 31.6 Å². The third kappa shape index (κ3) is 12.0. The molecular formula is C27H44N6O13P2. The topological polar surface area (TPSA) is 258 Å². The number of fused-ring (bicyclic) bond motifs is 1. The Balaban J connectivity index is 1.33. The predicted molar refractivity (Wildman–Crippen MR) is 170 cm³/mol. The molecule has 2 aliphatic rings. The van der Waals surface area contributed by atoms with Crippen molar-refractivity contribution in [2.45, 2.75) is 56.3 Å². The van der Waals surface area contributed by atoms with Gasteiger partial charge in [-0.1, -0.05) is 18.8 Å². The Morgan fingerprint density at radius 3 is 2.25 bits per heavy atom. The van der Waals surface area contributed by atoms with Gasteiger partial charge in [0.25, 0.3) is 0 Å². The summed E-state index contributed by atoms with van der Waals surface area (Å²) in [6, 6.07) is 0.203. The Hall–Kier alpha value is -2.27. The molecule has 48 heavy (non-hydrogen) atoms. The summed E-state index contributed by atoms with van der Waals surface area (Å²) in [7, 11) is -9.57. The van der Waals surface area contributed by atoms with E-state index in [1.807, 2.05) is 0 Å². The number of ether oxygens (including phenoxy) is 5. The Kier molecular flexibility index (Phi) is 15.0. The van der Waals surface area contributed by atoms with Crippen molar-refractivity contribution in [2.75, 3.05) is 82.5 Å². The van der Waals surface area contributed by atoms with E-state index in [1.165, 1.54) is 10.9 Å². The standard InChI is InChI=1S/C27H44N6O13P2/c1-2-8-41-10-12-43-14-15-44-13-11-42-9-7-28-27-31-24(30-19-5-3-4-6-19)20-16-29-33(25(20)32-27)26-23(35)22(34)21(46-26)17-45-48(39,40)18-47(36,37)38/h1,16,19,21-23,26,34-35H,3-15,17-18H2,(H,39,40)(H2,36,37,38)(H2,28,30,31,32)/t21?,22-,23-,26-/m1/s1. The molecule has 0 bridgehead atoms. The number of rotatable bonds is 22. The summed E-state index contributed by atoms with van der Waals surface area (Å²) < 4.78 is 56.7. The number of anilines is 2. The summed E-state index contributed by atoms with van der Waals surface area (Å²) in [6.07, 6.45) is 5.02. The molecule has 0 aromatic carbocycles. The number of hydrogen-bond donors (Lipinski definition) is 7. The lowest BCUT2D eigenvalue weighted by molar-refractivity contribution is -0.0541. The summed E-state index contributed by atoms with van der Waals surface area (Å²) in [5.74, 6) is 1.75. The quantitative estimate of drug-likeness (QED) is 0.0488. The van der Waals surface area contributed by atoms with Crippen molar-refractivity contribution >= 4 is 38.0 Å². The molecule has 2 unspecified atom stereocenters. The highest BCUT2D eigenvalue weighted by molar-refractivity contribution is 7.70. The van der Waals surface area contributed by atoms with Crippen LogP contribution in [0.3, 0.4) is 0 Å². The van der Waals surface area contributed by atoms with Crippen LogP contribution in [-0.2, 0) is 37.3 Å². The second-order valence-electron chi connectivity index (χ2n) is 11.2. The third-order valence-corrected chi connectivity index (χ3v) is 10.8. The first-order valence-corrected chi connectivity index (χ1v) is 19.1. The van der Waals surface area contributed by atoms with E-state index >= 15 is 0 Å². The summed E-state index contributed by atoms with van der Waals surface area (Å²) in [5.41, 5.74) is 0.277. The van der Waals surface area contributed by atoms with Crippen LogP contribution in [0, 0.1) is 12.3 Å². The van der Waals surface area contributed by atoms with Crippen LogP contribution in [0.5, 0.6) is 0 Å². The lowest BCUT2D eigenvalue weighted by Gasteiger charge is -2.18. The molecule has 1 saturated carbocycles. The van der Waals surface area contributed by atoms with Gasteiger partial charge in [-0.05, 0) is 12.8 Å². The van der Waals surface area contributed by atoms with Crippen LogP contribution in [0.2, 0.25) is 0 Å². The number of nitrogens with zero attached hydrogens (tertiary/aromatic N) is 4. The van der Waals surface area contributed by atoms with Crippen LogP contribution < -0.4 is 10.6 Å². The van der Waals surface area contributed by atoms with Crippen molar-refractivity contribution in [1.29, 1.82) is 0 Å². The van der Waals surface area contributed by atoms with Crippen LogP contribution in [0.1, 0.15) is 31.9 Å². The van der Waals surface area contributed by atoms with Crippen LogP contribution >= 0.6 is 15.2 Å². The number of hydrogen-bond acceptors (Lipinski definition) is 15.